The number of rotatable bonds is 5. The molecular formula is C12H24N2O2. The number of carbonyl (C=O) groups excluding carboxylic acids is 1. The summed E-state index contributed by atoms with van der Waals surface area (Å²) in [6.07, 6.45) is 5.11. The normalized spacial score (nSPS) is 21.1. The van der Waals surface area contributed by atoms with E-state index in [1.54, 1.807) is 7.05 Å². The minimum atomic E-state index is -0.605. The van der Waals surface area contributed by atoms with Crippen LogP contribution in [-0.4, -0.2) is 50.2 Å². The molecule has 4 nitrogen and oxygen atoms in total. The van der Waals surface area contributed by atoms with E-state index < -0.39 is 5.54 Å². The summed E-state index contributed by atoms with van der Waals surface area (Å²) >= 11 is 0. The molecule has 1 aliphatic carbocycles. The first-order valence-electron chi connectivity index (χ1n) is 6.01. The number of nitrogens with zero attached hydrogens (tertiary/aromatic N) is 1. The fourth-order valence-corrected chi connectivity index (χ4v) is 2.44. The molecule has 0 bridgehead atoms. The second-order valence-electron chi connectivity index (χ2n) is 4.93. The Morgan fingerprint density at radius 2 is 2.06 bits per heavy atom. The molecule has 16 heavy (non-hydrogen) atoms. The molecule has 1 rings (SSSR count). The van der Waals surface area contributed by atoms with Crippen molar-refractivity contribution in [1.82, 2.24) is 10.2 Å². The van der Waals surface area contributed by atoms with Gasteiger partial charge in [-0.2, -0.15) is 0 Å². The van der Waals surface area contributed by atoms with Crippen LogP contribution in [0.4, 0.5) is 0 Å². The lowest BCUT2D eigenvalue weighted by Crippen LogP contribution is -2.56. The number of hydrogen-bond donors (Lipinski definition) is 1. The Bertz CT molecular complexity index is 239. The highest BCUT2D eigenvalue weighted by Crippen LogP contribution is 2.23. The van der Waals surface area contributed by atoms with Gasteiger partial charge in [-0.15, -0.1) is 0 Å². The molecule has 1 saturated carbocycles. The van der Waals surface area contributed by atoms with Gasteiger partial charge in [-0.25, -0.2) is 0 Å². The molecule has 0 spiro atoms. The van der Waals surface area contributed by atoms with Crippen LogP contribution < -0.4 is 5.32 Å². The summed E-state index contributed by atoms with van der Waals surface area (Å²) in [6.45, 7) is 2.59. The van der Waals surface area contributed by atoms with Crippen molar-refractivity contribution in [3.05, 3.63) is 0 Å². The summed E-state index contributed by atoms with van der Waals surface area (Å²) in [5.41, 5.74) is -0.605. The number of likely N-dealkylation sites (N-methyl/N-ethyl adjacent to an activating group) is 2. The van der Waals surface area contributed by atoms with E-state index in [-0.39, 0.29) is 5.97 Å². The lowest BCUT2D eigenvalue weighted by atomic mass is 10.0. The van der Waals surface area contributed by atoms with Crippen LogP contribution in [0.2, 0.25) is 0 Å². The fourth-order valence-electron chi connectivity index (χ4n) is 2.44. The van der Waals surface area contributed by atoms with Gasteiger partial charge in [0.15, 0.2) is 0 Å². The van der Waals surface area contributed by atoms with Crippen molar-refractivity contribution in [2.75, 3.05) is 27.7 Å². The first-order valence-corrected chi connectivity index (χ1v) is 6.01. The standard InChI is InChI=1S/C12H24N2O2/c1-12(13-2,11(15)16-4)9-14(3)10-7-5-6-8-10/h10,13H,5-9H2,1-4H3. The van der Waals surface area contributed by atoms with Gasteiger partial charge in [-0.1, -0.05) is 12.8 Å². The molecule has 0 amide bonds. The van der Waals surface area contributed by atoms with Crippen molar-refractivity contribution < 1.29 is 9.53 Å². The minimum absolute atomic E-state index is 0.195. The molecule has 1 fully saturated rings. The van der Waals surface area contributed by atoms with Gasteiger partial charge in [-0.3, -0.25) is 4.79 Å². The zero-order chi connectivity index (χ0) is 12.2. The van der Waals surface area contributed by atoms with E-state index in [0.29, 0.717) is 12.6 Å². The van der Waals surface area contributed by atoms with Crippen LogP contribution in [0.3, 0.4) is 0 Å². The first-order chi connectivity index (χ1) is 7.53. The van der Waals surface area contributed by atoms with Gasteiger partial charge in [0.25, 0.3) is 0 Å². The molecule has 94 valence electrons. The molecule has 0 radical (unpaired) electrons. The SMILES string of the molecule is CNC(C)(CN(C)C1CCCC1)C(=O)OC. The maximum absolute atomic E-state index is 11.7. The number of carbonyl (C=O) groups is 1. The summed E-state index contributed by atoms with van der Waals surface area (Å²) in [5, 5.41) is 3.07. The smallest absolute Gasteiger partial charge is 0.327 e. The van der Waals surface area contributed by atoms with Crippen LogP contribution in [0.1, 0.15) is 32.6 Å². The molecule has 4 heteroatoms. The van der Waals surface area contributed by atoms with Crippen molar-refractivity contribution in [2.45, 2.75) is 44.2 Å². The predicted molar refractivity (Wildman–Crippen MR) is 64.4 cm³/mol. The number of esters is 1. The number of ether oxygens (including phenoxy) is 1. The van der Waals surface area contributed by atoms with E-state index in [1.165, 1.54) is 32.8 Å². The Labute approximate surface area is 98.3 Å². The van der Waals surface area contributed by atoms with E-state index in [2.05, 4.69) is 17.3 Å². The molecule has 0 aromatic carbocycles. The summed E-state index contributed by atoms with van der Waals surface area (Å²) in [5.74, 6) is -0.195. The molecule has 0 aromatic heterocycles. The highest BCUT2D eigenvalue weighted by molar-refractivity contribution is 5.80. The summed E-state index contributed by atoms with van der Waals surface area (Å²) in [4.78, 5) is 14.0. The number of hydrogen-bond acceptors (Lipinski definition) is 4. The molecule has 0 aromatic rings. The molecular weight excluding hydrogens is 204 g/mol. The first kappa shape index (κ1) is 13.5. The van der Waals surface area contributed by atoms with Crippen LogP contribution in [-0.2, 0) is 9.53 Å². The molecule has 1 aliphatic rings. The Kier molecular flexibility index (Phi) is 4.74. The molecule has 1 atom stereocenters. The Balaban J connectivity index is 2.57. The minimum Gasteiger partial charge on any atom is -0.468 e. The van der Waals surface area contributed by atoms with E-state index in [0.717, 1.165) is 0 Å². The van der Waals surface area contributed by atoms with Gasteiger partial charge in [0.05, 0.1) is 7.11 Å². The number of methoxy groups -OCH3 is 1. The monoisotopic (exact) mass is 228 g/mol. The third-order valence-corrected chi connectivity index (χ3v) is 3.70. The topological polar surface area (TPSA) is 41.6 Å². The highest BCUT2D eigenvalue weighted by atomic mass is 16.5. The number of nitrogens with one attached hydrogen (secondary N) is 1. The van der Waals surface area contributed by atoms with E-state index in [4.69, 9.17) is 4.74 Å². The maximum Gasteiger partial charge on any atom is 0.327 e. The van der Waals surface area contributed by atoms with Gasteiger partial charge in [0.2, 0.25) is 0 Å². The van der Waals surface area contributed by atoms with Crippen LogP contribution in [0.15, 0.2) is 0 Å². The lowest BCUT2D eigenvalue weighted by molar-refractivity contribution is -0.148. The second kappa shape index (κ2) is 5.64. The van der Waals surface area contributed by atoms with E-state index in [9.17, 15) is 4.79 Å². The third-order valence-electron chi connectivity index (χ3n) is 3.70. The van der Waals surface area contributed by atoms with Gasteiger partial charge < -0.3 is 15.0 Å². The summed E-state index contributed by atoms with van der Waals surface area (Å²) < 4.78 is 4.84. The van der Waals surface area contributed by atoms with Gasteiger partial charge in [0, 0.05) is 12.6 Å². The van der Waals surface area contributed by atoms with E-state index in [1.807, 2.05) is 6.92 Å². The fraction of sp³-hybridized carbons (Fsp3) is 0.917. The van der Waals surface area contributed by atoms with Crippen molar-refractivity contribution in [3.63, 3.8) is 0 Å². The Hall–Kier alpha value is -0.610. The van der Waals surface area contributed by atoms with Crippen molar-refractivity contribution in [1.29, 1.82) is 0 Å². The molecule has 1 N–H and O–H groups in total. The average Bonchev–Trinajstić information content (AvgIpc) is 2.81. The molecule has 0 saturated heterocycles. The van der Waals surface area contributed by atoms with Crippen molar-refractivity contribution in [2.24, 2.45) is 0 Å². The van der Waals surface area contributed by atoms with Crippen molar-refractivity contribution in [3.8, 4) is 0 Å². The summed E-state index contributed by atoms with van der Waals surface area (Å²) in [6, 6.07) is 0.623. The second-order valence-corrected chi connectivity index (χ2v) is 4.93. The average molecular weight is 228 g/mol. The van der Waals surface area contributed by atoms with Gasteiger partial charge in [-0.05, 0) is 33.9 Å². The van der Waals surface area contributed by atoms with Gasteiger partial charge >= 0.3 is 5.97 Å². The summed E-state index contributed by atoms with van der Waals surface area (Å²) in [7, 11) is 5.33. The Morgan fingerprint density at radius 3 is 2.50 bits per heavy atom. The molecule has 0 aliphatic heterocycles. The van der Waals surface area contributed by atoms with Gasteiger partial charge in [0.1, 0.15) is 5.54 Å². The van der Waals surface area contributed by atoms with Crippen LogP contribution in [0.25, 0.3) is 0 Å². The molecule has 1 unspecified atom stereocenters. The predicted octanol–water partition coefficient (Wildman–Crippen LogP) is 1.01. The van der Waals surface area contributed by atoms with Crippen LogP contribution >= 0.6 is 0 Å². The van der Waals surface area contributed by atoms with Crippen LogP contribution in [0.5, 0.6) is 0 Å². The Morgan fingerprint density at radius 1 is 1.50 bits per heavy atom. The zero-order valence-corrected chi connectivity index (χ0v) is 10.9. The third kappa shape index (κ3) is 2.95. The van der Waals surface area contributed by atoms with Crippen molar-refractivity contribution >= 4 is 5.97 Å². The highest BCUT2D eigenvalue weighted by Gasteiger charge is 2.35. The quantitative estimate of drug-likeness (QED) is 0.713. The molecule has 0 heterocycles. The van der Waals surface area contributed by atoms with Crippen LogP contribution in [0, 0.1) is 0 Å². The zero-order valence-electron chi connectivity index (χ0n) is 10.9. The lowest BCUT2D eigenvalue weighted by Gasteiger charge is -2.34. The largest absolute Gasteiger partial charge is 0.468 e. The maximum atomic E-state index is 11.7. The van der Waals surface area contributed by atoms with E-state index >= 15 is 0 Å².